The van der Waals surface area contributed by atoms with Gasteiger partial charge in [0.05, 0.1) is 0 Å². The molecular weight excluding hydrogens is 212 g/mol. The molecule has 0 saturated carbocycles. The van der Waals surface area contributed by atoms with E-state index < -0.39 is 18.2 Å². The van der Waals surface area contributed by atoms with Crippen molar-refractivity contribution in [1.82, 2.24) is 0 Å². The van der Waals surface area contributed by atoms with Crippen LogP contribution in [0.5, 0.6) is 0 Å². The van der Waals surface area contributed by atoms with E-state index in [2.05, 4.69) is 0 Å². The molecule has 6 heteroatoms. The summed E-state index contributed by atoms with van der Waals surface area (Å²) in [5, 5.41) is 33.9. The molecule has 0 bridgehead atoms. The first kappa shape index (κ1) is 12.2. The van der Waals surface area contributed by atoms with E-state index in [0.29, 0.717) is 11.1 Å². The number of carbonyl (C=O) groups is 1. The van der Waals surface area contributed by atoms with Crippen LogP contribution in [0, 0.1) is 5.41 Å². The lowest BCUT2D eigenvalue weighted by Gasteiger charge is -2.16. The highest BCUT2D eigenvalue weighted by atomic mass is 16.5. The molecule has 1 aromatic rings. The van der Waals surface area contributed by atoms with Crippen molar-refractivity contribution in [3.63, 3.8) is 0 Å². The molecule has 1 aromatic carbocycles. The number of benzene rings is 1. The summed E-state index contributed by atoms with van der Waals surface area (Å²) < 4.78 is 0. The van der Waals surface area contributed by atoms with Crippen molar-refractivity contribution in [1.29, 1.82) is 5.41 Å². The minimum atomic E-state index is -2.78. The number of nitrogens with one attached hydrogen (secondary N) is 1. The first-order chi connectivity index (χ1) is 7.33. The lowest BCUT2D eigenvalue weighted by Crippen LogP contribution is -2.40. The molecule has 1 rings (SSSR count). The summed E-state index contributed by atoms with van der Waals surface area (Å²) in [6.45, 7) is 0. The third kappa shape index (κ3) is 2.78. The number of nitrogen functional groups attached to an aromatic ring is 1. The van der Waals surface area contributed by atoms with E-state index in [0.717, 1.165) is 0 Å². The van der Waals surface area contributed by atoms with Crippen LogP contribution >= 0.6 is 0 Å². The fraction of sp³-hybridized carbons (Fsp3) is 0.200. The van der Waals surface area contributed by atoms with Gasteiger partial charge >= 0.3 is 5.97 Å². The van der Waals surface area contributed by atoms with Crippen molar-refractivity contribution in [3.05, 3.63) is 35.4 Å². The summed E-state index contributed by atoms with van der Waals surface area (Å²) in [5.74, 6) is -4.59. The summed E-state index contributed by atoms with van der Waals surface area (Å²) >= 11 is 0. The molecule has 86 valence electrons. The minimum absolute atomic E-state index is 0.107. The van der Waals surface area contributed by atoms with Crippen LogP contribution in [0.3, 0.4) is 0 Å². The molecule has 0 atom stereocenters. The summed E-state index contributed by atoms with van der Waals surface area (Å²) in [5.41, 5.74) is 6.14. The lowest BCUT2D eigenvalue weighted by atomic mass is 10.0. The average Bonchev–Trinajstić information content (AvgIpc) is 2.17. The maximum absolute atomic E-state index is 10.4. The van der Waals surface area contributed by atoms with Crippen molar-refractivity contribution in [3.8, 4) is 0 Å². The zero-order valence-corrected chi connectivity index (χ0v) is 8.34. The monoisotopic (exact) mass is 224 g/mol. The fourth-order valence-corrected chi connectivity index (χ4v) is 1.16. The van der Waals surface area contributed by atoms with E-state index in [1.165, 1.54) is 24.3 Å². The van der Waals surface area contributed by atoms with Crippen molar-refractivity contribution < 1.29 is 20.1 Å². The molecule has 0 unspecified atom stereocenters. The molecule has 0 radical (unpaired) electrons. The Morgan fingerprint density at radius 3 is 2.19 bits per heavy atom. The number of aliphatic carboxylic acids is 1. The Balaban J connectivity index is 2.84. The Morgan fingerprint density at radius 1 is 1.31 bits per heavy atom. The molecule has 0 amide bonds. The minimum Gasteiger partial charge on any atom is -0.477 e. The average molecular weight is 224 g/mol. The molecule has 0 spiro atoms. The Hall–Kier alpha value is -1.92. The Labute approximate surface area is 91.5 Å². The van der Waals surface area contributed by atoms with Gasteiger partial charge in [0.25, 0.3) is 5.79 Å². The summed E-state index contributed by atoms with van der Waals surface area (Å²) in [6.07, 6.45) is -0.430. The molecule has 0 aromatic heterocycles. The molecule has 0 heterocycles. The van der Waals surface area contributed by atoms with E-state index in [1.54, 1.807) is 0 Å². The Kier molecular flexibility index (Phi) is 3.26. The van der Waals surface area contributed by atoms with Gasteiger partial charge in [-0.3, -0.25) is 5.41 Å². The predicted octanol–water partition coefficient (Wildman–Crippen LogP) is -0.721. The Bertz CT molecular complexity index is 411. The molecule has 16 heavy (non-hydrogen) atoms. The van der Waals surface area contributed by atoms with Gasteiger partial charge in [0.15, 0.2) is 0 Å². The van der Waals surface area contributed by atoms with E-state index >= 15 is 0 Å². The van der Waals surface area contributed by atoms with Crippen LogP contribution in [0.4, 0.5) is 0 Å². The molecule has 0 fully saturated rings. The molecule has 0 aliphatic heterocycles. The second-order valence-corrected chi connectivity index (χ2v) is 3.41. The quantitative estimate of drug-likeness (QED) is 0.262. The van der Waals surface area contributed by atoms with Crippen molar-refractivity contribution in [2.24, 2.45) is 5.73 Å². The van der Waals surface area contributed by atoms with E-state index in [-0.39, 0.29) is 5.84 Å². The van der Waals surface area contributed by atoms with Crippen LogP contribution in [0.25, 0.3) is 0 Å². The lowest BCUT2D eigenvalue weighted by molar-refractivity contribution is -0.202. The largest absolute Gasteiger partial charge is 0.477 e. The maximum Gasteiger partial charge on any atom is 0.364 e. The molecule has 0 aliphatic carbocycles. The van der Waals surface area contributed by atoms with E-state index in [4.69, 9.17) is 26.5 Å². The highest BCUT2D eigenvalue weighted by molar-refractivity contribution is 5.94. The van der Waals surface area contributed by atoms with Gasteiger partial charge in [0, 0.05) is 12.0 Å². The SMILES string of the molecule is N=C(N)c1ccc(CC(O)(O)C(=O)O)cc1. The molecule has 0 aliphatic rings. The van der Waals surface area contributed by atoms with Crippen LogP contribution < -0.4 is 5.73 Å². The van der Waals surface area contributed by atoms with Crippen LogP contribution in [-0.2, 0) is 11.2 Å². The van der Waals surface area contributed by atoms with Gasteiger partial charge in [0.2, 0.25) is 0 Å². The van der Waals surface area contributed by atoms with Crippen LogP contribution in [-0.4, -0.2) is 32.9 Å². The second kappa shape index (κ2) is 4.30. The van der Waals surface area contributed by atoms with Gasteiger partial charge in [-0.05, 0) is 5.56 Å². The highest BCUT2D eigenvalue weighted by Crippen LogP contribution is 2.12. The second-order valence-electron chi connectivity index (χ2n) is 3.41. The maximum atomic E-state index is 10.4. The van der Waals surface area contributed by atoms with Crippen LogP contribution in [0.1, 0.15) is 11.1 Å². The van der Waals surface area contributed by atoms with Crippen molar-refractivity contribution >= 4 is 11.8 Å². The van der Waals surface area contributed by atoms with Crippen LogP contribution in [0.15, 0.2) is 24.3 Å². The number of aliphatic hydroxyl groups is 2. The molecule has 6 nitrogen and oxygen atoms in total. The summed E-state index contributed by atoms with van der Waals surface area (Å²) in [7, 11) is 0. The number of rotatable bonds is 4. The van der Waals surface area contributed by atoms with Gasteiger partial charge in [0.1, 0.15) is 5.84 Å². The first-order valence-electron chi connectivity index (χ1n) is 4.44. The highest BCUT2D eigenvalue weighted by Gasteiger charge is 2.33. The normalized spacial score (nSPS) is 11.1. The fourth-order valence-electron chi connectivity index (χ4n) is 1.16. The van der Waals surface area contributed by atoms with Crippen molar-refractivity contribution in [2.75, 3.05) is 0 Å². The number of amidine groups is 1. The number of nitrogens with two attached hydrogens (primary N) is 1. The van der Waals surface area contributed by atoms with Gasteiger partial charge in [-0.25, -0.2) is 4.79 Å². The van der Waals surface area contributed by atoms with Gasteiger partial charge in [-0.1, -0.05) is 24.3 Å². The topological polar surface area (TPSA) is 128 Å². The third-order valence-electron chi connectivity index (χ3n) is 2.06. The zero-order chi connectivity index (χ0) is 12.3. The molecule has 0 saturated heterocycles. The molecular formula is C10H12N2O4. The smallest absolute Gasteiger partial charge is 0.364 e. The number of carboxylic acid groups (broad SMARTS) is 1. The van der Waals surface area contributed by atoms with Gasteiger partial charge < -0.3 is 21.1 Å². The third-order valence-corrected chi connectivity index (χ3v) is 2.06. The number of carboxylic acids is 1. The first-order valence-corrected chi connectivity index (χ1v) is 4.44. The van der Waals surface area contributed by atoms with E-state index in [1.807, 2.05) is 0 Å². The predicted molar refractivity (Wildman–Crippen MR) is 56.0 cm³/mol. The van der Waals surface area contributed by atoms with Gasteiger partial charge in [-0.2, -0.15) is 0 Å². The molecule has 6 N–H and O–H groups in total. The summed E-state index contributed by atoms with van der Waals surface area (Å²) in [6, 6.07) is 5.99. The van der Waals surface area contributed by atoms with Crippen molar-refractivity contribution in [2.45, 2.75) is 12.2 Å². The van der Waals surface area contributed by atoms with E-state index in [9.17, 15) is 4.79 Å². The zero-order valence-electron chi connectivity index (χ0n) is 8.34. The van der Waals surface area contributed by atoms with Crippen LogP contribution in [0.2, 0.25) is 0 Å². The Morgan fingerprint density at radius 2 is 1.81 bits per heavy atom. The summed E-state index contributed by atoms with van der Waals surface area (Å²) in [4.78, 5) is 10.4. The number of hydrogen-bond acceptors (Lipinski definition) is 4. The number of hydrogen-bond donors (Lipinski definition) is 5. The standard InChI is InChI=1S/C10H12N2O4/c11-8(12)7-3-1-6(2-4-7)5-10(15,16)9(13)14/h1-4,15-16H,5H2,(H3,11,12)(H,13,14). The van der Waals surface area contributed by atoms with Gasteiger partial charge in [-0.15, -0.1) is 0 Å².